The standard InChI is InChI=1S/C13H16F3N5/c1-9(2)7-17-8-12-18-19-20-21(12)11-5-3-10(4-6-11)13(14,15)16/h3-6,9,17H,7-8H2,1-2H3. The van der Waals surface area contributed by atoms with Crippen LogP contribution in [-0.4, -0.2) is 26.8 Å². The molecule has 0 spiro atoms. The molecule has 0 saturated heterocycles. The lowest BCUT2D eigenvalue weighted by Gasteiger charge is -2.09. The van der Waals surface area contributed by atoms with E-state index in [2.05, 4.69) is 34.7 Å². The van der Waals surface area contributed by atoms with Crippen LogP contribution in [-0.2, 0) is 12.7 Å². The Hall–Kier alpha value is -1.96. The summed E-state index contributed by atoms with van der Waals surface area (Å²) in [4.78, 5) is 0. The van der Waals surface area contributed by atoms with Gasteiger partial charge in [-0.1, -0.05) is 13.8 Å². The highest BCUT2D eigenvalue weighted by molar-refractivity contribution is 5.35. The Morgan fingerprint density at radius 1 is 1.19 bits per heavy atom. The van der Waals surface area contributed by atoms with Crippen LogP contribution < -0.4 is 5.32 Å². The molecule has 2 rings (SSSR count). The van der Waals surface area contributed by atoms with Crippen LogP contribution in [0, 0.1) is 5.92 Å². The highest BCUT2D eigenvalue weighted by atomic mass is 19.4. The summed E-state index contributed by atoms with van der Waals surface area (Å²) in [5.41, 5.74) is -0.201. The first-order valence-electron chi connectivity index (χ1n) is 6.53. The summed E-state index contributed by atoms with van der Waals surface area (Å²) in [7, 11) is 0. The zero-order chi connectivity index (χ0) is 15.5. The van der Waals surface area contributed by atoms with Crippen LogP contribution in [0.3, 0.4) is 0 Å². The lowest BCUT2D eigenvalue weighted by molar-refractivity contribution is -0.137. The fourth-order valence-electron chi connectivity index (χ4n) is 1.78. The third kappa shape index (κ3) is 4.01. The lowest BCUT2D eigenvalue weighted by Crippen LogP contribution is -2.21. The van der Waals surface area contributed by atoms with Crippen molar-refractivity contribution in [3.05, 3.63) is 35.7 Å². The second-order valence-corrected chi connectivity index (χ2v) is 5.08. The van der Waals surface area contributed by atoms with Crippen LogP contribution in [0.25, 0.3) is 5.69 Å². The number of aromatic nitrogens is 4. The van der Waals surface area contributed by atoms with E-state index in [1.54, 1.807) is 0 Å². The Bertz CT molecular complexity index is 574. The third-order valence-electron chi connectivity index (χ3n) is 2.81. The number of rotatable bonds is 5. The zero-order valence-electron chi connectivity index (χ0n) is 11.7. The minimum Gasteiger partial charge on any atom is -0.310 e. The van der Waals surface area contributed by atoms with E-state index in [0.29, 0.717) is 24.0 Å². The number of hydrogen-bond donors (Lipinski definition) is 1. The van der Waals surface area contributed by atoms with Crippen molar-refractivity contribution in [3.63, 3.8) is 0 Å². The first kappa shape index (κ1) is 15.4. The van der Waals surface area contributed by atoms with Crippen LogP contribution in [0.1, 0.15) is 25.2 Å². The predicted octanol–water partition coefficient (Wildman–Crippen LogP) is 2.43. The number of alkyl halides is 3. The first-order valence-corrected chi connectivity index (χ1v) is 6.53. The van der Waals surface area contributed by atoms with Crippen molar-refractivity contribution in [1.29, 1.82) is 0 Å². The molecule has 1 aromatic heterocycles. The summed E-state index contributed by atoms with van der Waals surface area (Å²) in [6, 6.07) is 4.74. The maximum Gasteiger partial charge on any atom is 0.416 e. The van der Waals surface area contributed by atoms with Crippen molar-refractivity contribution in [1.82, 2.24) is 25.5 Å². The monoisotopic (exact) mass is 299 g/mol. The molecular formula is C13H16F3N5. The van der Waals surface area contributed by atoms with Crippen LogP contribution in [0.4, 0.5) is 13.2 Å². The maximum absolute atomic E-state index is 12.5. The van der Waals surface area contributed by atoms with Crippen molar-refractivity contribution >= 4 is 0 Å². The van der Waals surface area contributed by atoms with Crippen LogP contribution in [0.5, 0.6) is 0 Å². The van der Waals surface area contributed by atoms with Gasteiger partial charge < -0.3 is 5.32 Å². The van der Waals surface area contributed by atoms with E-state index in [0.717, 1.165) is 18.7 Å². The largest absolute Gasteiger partial charge is 0.416 e. The van der Waals surface area contributed by atoms with Gasteiger partial charge >= 0.3 is 6.18 Å². The SMILES string of the molecule is CC(C)CNCc1nnnn1-c1ccc(C(F)(F)F)cc1. The average Bonchev–Trinajstić information content (AvgIpc) is 2.86. The van der Waals surface area contributed by atoms with Crippen LogP contribution in [0.15, 0.2) is 24.3 Å². The van der Waals surface area contributed by atoms with Crippen molar-refractivity contribution in [2.45, 2.75) is 26.6 Å². The average molecular weight is 299 g/mol. The van der Waals surface area contributed by atoms with Gasteiger partial charge in [-0.15, -0.1) is 5.10 Å². The Morgan fingerprint density at radius 2 is 1.86 bits per heavy atom. The molecule has 0 bridgehead atoms. The van der Waals surface area contributed by atoms with Gasteiger partial charge in [-0.05, 0) is 47.2 Å². The zero-order valence-corrected chi connectivity index (χ0v) is 11.7. The van der Waals surface area contributed by atoms with Gasteiger partial charge in [0.25, 0.3) is 0 Å². The molecule has 0 aliphatic carbocycles. The molecule has 1 N–H and O–H groups in total. The number of nitrogens with one attached hydrogen (secondary N) is 1. The summed E-state index contributed by atoms with van der Waals surface area (Å²) in [6.07, 6.45) is -4.35. The maximum atomic E-state index is 12.5. The van der Waals surface area contributed by atoms with Gasteiger partial charge in [0, 0.05) is 0 Å². The summed E-state index contributed by atoms with van der Waals surface area (Å²) in [5.74, 6) is 1.04. The molecule has 0 unspecified atom stereocenters. The predicted molar refractivity (Wildman–Crippen MR) is 70.7 cm³/mol. The number of tetrazole rings is 1. The van der Waals surface area contributed by atoms with Crippen LogP contribution >= 0.6 is 0 Å². The minimum absolute atomic E-state index is 0.451. The Kier molecular flexibility index (Phi) is 4.56. The fraction of sp³-hybridized carbons (Fsp3) is 0.462. The van der Waals surface area contributed by atoms with Gasteiger partial charge in [0.05, 0.1) is 17.8 Å². The summed E-state index contributed by atoms with van der Waals surface area (Å²) in [6.45, 7) is 5.41. The topological polar surface area (TPSA) is 55.6 Å². The number of benzene rings is 1. The van der Waals surface area contributed by atoms with Crippen molar-refractivity contribution in [2.24, 2.45) is 5.92 Å². The van der Waals surface area contributed by atoms with E-state index in [1.807, 2.05) is 0 Å². The molecule has 0 atom stereocenters. The smallest absolute Gasteiger partial charge is 0.310 e. The first-order chi connectivity index (χ1) is 9.88. The van der Waals surface area contributed by atoms with Crippen molar-refractivity contribution < 1.29 is 13.2 Å². The van der Waals surface area contributed by atoms with Gasteiger partial charge in [-0.25, -0.2) is 0 Å². The quantitative estimate of drug-likeness (QED) is 0.921. The summed E-state index contributed by atoms with van der Waals surface area (Å²) >= 11 is 0. The molecule has 114 valence electrons. The summed E-state index contributed by atoms with van der Waals surface area (Å²) < 4.78 is 39.0. The molecule has 2 aromatic rings. The van der Waals surface area contributed by atoms with Gasteiger partial charge in [0.15, 0.2) is 5.82 Å². The molecule has 0 amide bonds. The molecule has 0 radical (unpaired) electrons. The number of hydrogen-bond acceptors (Lipinski definition) is 4. The second-order valence-electron chi connectivity index (χ2n) is 5.08. The normalized spacial score (nSPS) is 12.1. The van der Waals surface area contributed by atoms with Crippen LogP contribution in [0.2, 0.25) is 0 Å². The molecule has 0 aliphatic heterocycles. The van der Waals surface area contributed by atoms with E-state index >= 15 is 0 Å². The number of nitrogens with zero attached hydrogens (tertiary/aromatic N) is 4. The Balaban J connectivity index is 2.13. The molecule has 0 fully saturated rings. The highest BCUT2D eigenvalue weighted by Crippen LogP contribution is 2.29. The van der Waals surface area contributed by atoms with E-state index in [9.17, 15) is 13.2 Å². The molecule has 1 heterocycles. The second kappa shape index (κ2) is 6.21. The van der Waals surface area contributed by atoms with Gasteiger partial charge in [-0.2, -0.15) is 17.9 Å². The fourth-order valence-corrected chi connectivity index (χ4v) is 1.78. The minimum atomic E-state index is -4.35. The molecule has 21 heavy (non-hydrogen) atoms. The van der Waals surface area contributed by atoms with Gasteiger partial charge in [-0.3, -0.25) is 0 Å². The van der Waals surface area contributed by atoms with Crippen molar-refractivity contribution in [3.8, 4) is 5.69 Å². The molecule has 1 aromatic carbocycles. The van der Waals surface area contributed by atoms with Gasteiger partial charge in [0.1, 0.15) is 0 Å². The van der Waals surface area contributed by atoms with E-state index < -0.39 is 11.7 Å². The number of halogens is 3. The van der Waals surface area contributed by atoms with E-state index in [4.69, 9.17) is 0 Å². The van der Waals surface area contributed by atoms with Gasteiger partial charge in [0.2, 0.25) is 0 Å². The lowest BCUT2D eigenvalue weighted by atomic mass is 10.2. The highest BCUT2D eigenvalue weighted by Gasteiger charge is 2.30. The molecule has 8 heteroatoms. The molecule has 0 aliphatic rings. The summed E-state index contributed by atoms with van der Waals surface area (Å²) in [5, 5.41) is 14.4. The molecule has 5 nitrogen and oxygen atoms in total. The Morgan fingerprint density at radius 3 is 2.43 bits per heavy atom. The molecule has 0 saturated carbocycles. The Labute approximate surface area is 120 Å². The van der Waals surface area contributed by atoms with E-state index in [-0.39, 0.29) is 0 Å². The van der Waals surface area contributed by atoms with Crippen molar-refractivity contribution in [2.75, 3.05) is 6.54 Å². The molecular weight excluding hydrogens is 283 g/mol. The third-order valence-corrected chi connectivity index (χ3v) is 2.81. The van der Waals surface area contributed by atoms with E-state index in [1.165, 1.54) is 16.8 Å².